The second-order valence-electron chi connectivity index (χ2n) is 4.24. The lowest BCUT2D eigenvalue weighted by Crippen LogP contribution is -2.33. The Morgan fingerprint density at radius 2 is 1.73 bits per heavy atom. The number of carbonyl (C=O) groups is 1. The van der Waals surface area contributed by atoms with Gasteiger partial charge >= 0.3 is 6.09 Å². The fraction of sp³-hybridized carbons (Fsp3) is 0.900. The Kier molecular flexibility index (Phi) is 9.93. The number of rotatable bonds is 5. The van der Waals surface area contributed by atoms with Crippen molar-refractivity contribution in [2.24, 2.45) is 0 Å². The zero-order valence-corrected chi connectivity index (χ0v) is 10.9. The lowest BCUT2D eigenvalue weighted by molar-refractivity contribution is 0.0527. The van der Waals surface area contributed by atoms with E-state index in [9.17, 15) is 4.79 Å². The molecule has 0 aliphatic heterocycles. The zero-order valence-electron chi connectivity index (χ0n) is 10.1. The Bertz CT molecular complexity index is 169. The Hall–Kier alpha value is -0.480. The molecule has 0 saturated heterocycles. The van der Waals surface area contributed by atoms with Gasteiger partial charge in [0.05, 0.1) is 0 Å². The third kappa shape index (κ3) is 13.5. The van der Waals surface area contributed by atoms with Gasteiger partial charge in [-0.3, -0.25) is 0 Å². The maximum absolute atomic E-state index is 11.1. The van der Waals surface area contributed by atoms with E-state index < -0.39 is 5.60 Å². The molecule has 15 heavy (non-hydrogen) atoms. The van der Waals surface area contributed by atoms with E-state index in [4.69, 9.17) is 4.74 Å². The van der Waals surface area contributed by atoms with Gasteiger partial charge in [0.1, 0.15) is 5.60 Å². The minimum atomic E-state index is -0.408. The van der Waals surface area contributed by atoms with E-state index in [1.165, 1.54) is 0 Å². The lowest BCUT2D eigenvalue weighted by Gasteiger charge is -2.19. The number of hydrogen-bond donors (Lipinski definition) is 2. The summed E-state index contributed by atoms with van der Waals surface area (Å²) in [5.74, 6) is 0. The van der Waals surface area contributed by atoms with Crippen molar-refractivity contribution >= 4 is 18.5 Å². The topological polar surface area (TPSA) is 50.4 Å². The van der Waals surface area contributed by atoms with Crippen LogP contribution < -0.4 is 10.6 Å². The highest BCUT2D eigenvalue weighted by Gasteiger charge is 2.15. The molecule has 0 aliphatic carbocycles. The Balaban J connectivity index is 0. The van der Waals surface area contributed by atoms with Crippen LogP contribution in [0.15, 0.2) is 0 Å². The van der Waals surface area contributed by atoms with E-state index in [0.717, 1.165) is 19.4 Å². The van der Waals surface area contributed by atoms with Crippen LogP contribution in [0.4, 0.5) is 4.79 Å². The molecule has 0 spiro atoms. The van der Waals surface area contributed by atoms with Crippen LogP contribution in [0, 0.1) is 0 Å². The molecule has 0 radical (unpaired) electrons. The smallest absolute Gasteiger partial charge is 0.407 e. The summed E-state index contributed by atoms with van der Waals surface area (Å²) in [5, 5.41) is 5.76. The molecule has 2 N–H and O–H groups in total. The average Bonchev–Trinajstić information content (AvgIpc) is 2.00. The number of halogens is 1. The molecule has 0 aromatic carbocycles. The summed E-state index contributed by atoms with van der Waals surface area (Å²) in [6.07, 6.45) is 1.70. The third-order valence-corrected chi connectivity index (χ3v) is 1.52. The highest BCUT2D eigenvalue weighted by atomic mass is 35.5. The number of ether oxygens (including phenoxy) is 1. The van der Waals surface area contributed by atoms with Gasteiger partial charge < -0.3 is 15.4 Å². The summed E-state index contributed by atoms with van der Waals surface area (Å²) in [7, 11) is 1.92. The van der Waals surface area contributed by atoms with Crippen LogP contribution in [0.25, 0.3) is 0 Å². The number of hydrogen-bond acceptors (Lipinski definition) is 3. The second-order valence-corrected chi connectivity index (χ2v) is 4.24. The molecule has 0 unspecified atom stereocenters. The number of carbonyl (C=O) groups excluding carboxylic acids is 1. The van der Waals surface area contributed by atoms with Gasteiger partial charge in [0.2, 0.25) is 0 Å². The van der Waals surface area contributed by atoms with Crippen LogP contribution in [0.2, 0.25) is 0 Å². The van der Waals surface area contributed by atoms with Crippen molar-refractivity contribution < 1.29 is 9.53 Å². The summed E-state index contributed by atoms with van der Waals surface area (Å²) < 4.78 is 5.08. The van der Waals surface area contributed by atoms with E-state index in [1.807, 2.05) is 27.8 Å². The Labute approximate surface area is 98.6 Å². The highest BCUT2D eigenvalue weighted by Crippen LogP contribution is 2.06. The van der Waals surface area contributed by atoms with Crippen molar-refractivity contribution in [2.45, 2.75) is 39.2 Å². The van der Waals surface area contributed by atoms with Crippen LogP contribution in [-0.2, 0) is 4.74 Å². The molecule has 4 nitrogen and oxygen atoms in total. The van der Waals surface area contributed by atoms with Gasteiger partial charge in [-0.1, -0.05) is 0 Å². The first-order valence-electron chi connectivity index (χ1n) is 5.07. The van der Waals surface area contributed by atoms with Gasteiger partial charge in [-0.15, -0.1) is 12.4 Å². The zero-order chi connectivity index (χ0) is 11.0. The average molecular weight is 239 g/mol. The number of alkyl carbamates (subject to hydrolysis) is 1. The minimum absolute atomic E-state index is 0. The molecule has 0 atom stereocenters. The van der Waals surface area contributed by atoms with Crippen LogP contribution in [0.1, 0.15) is 33.6 Å². The second kappa shape index (κ2) is 8.80. The first-order chi connectivity index (χ1) is 6.45. The summed E-state index contributed by atoms with van der Waals surface area (Å²) >= 11 is 0. The van der Waals surface area contributed by atoms with Crippen molar-refractivity contribution in [1.29, 1.82) is 0 Å². The van der Waals surface area contributed by atoms with Crippen molar-refractivity contribution in [3.05, 3.63) is 0 Å². The largest absolute Gasteiger partial charge is 0.444 e. The molecule has 0 bridgehead atoms. The van der Waals surface area contributed by atoms with E-state index >= 15 is 0 Å². The number of nitrogens with one attached hydrogen (secondary N) is 2. The summed E-state index contributed by atoms with van der Waals surface area (Å²) in [4.78, 5) is 11.1. The molecule has 92 valence electrons. The van der Waals surface area contributed by atoms with Crippen LogP contribution >= 0.6 is 12.4 Å². The third-order valence-electron chi connectivity index (χ3n) is 1.52. The maximum Gasteiger partial charge on any atom is 0.407 e. The fourth-order valence-electron chi connectivity index (χ4n) is 0.931. The molecule has 0 aromatic rings. The fourth-order valence-corrected chi connectivity index (χ4v) is 0.931. The van der Waals surface area contributed by atoms with Gasteiger partial charge in [-0.05, 0) is 47.2 Å². The summed E-state index contributed by atoms with van der Waals surface area (Å²) in [6.45, 7) is 7.22. The molecule has 0 rings (SSSR count). The number of unbranched alkanes of at least 4 members (excludes halogenated alkanes) is 1. The molecule has 0 heterocycles. The van der Waals surface area contributed by atoms with E-state index in [1.54, 1.807) is 0 Å². The van der Waals surface area contributed by atoms with Gasteiger partial charge in [-0.25, -0.2) is 4.79 Å². The van der Waals surface area contributed by atoms with Gasteiger partial charge in [0, 0.05) is 6.54 Å². The maximum atomic E-state index is 11.1. The van der Waals surface area contributed by atoms with Crippen molar-refractivity contribution in [3.63, 3.8) is 0 Å². The van der Waals surface area contributed by atoms with Crippen molar-refractivity contribution in [2.75, 3.05) is 20.1 Å². The standard InChI is InChI=1S/C10H22N2O2.ClH/c1-10(2,3)14-9(13)12-8-6-5-7-11-4;/h11H,5-8H2,1-4H3,(H,12,13);1H. The molecule has 5 heteroatoms. The first-order valence-corrected chi connectivity index (χ1v) is 5.07. The number of amides is 1. The Morgan fingerprint density at radius 3 is 2.20 bits per heavy atom. The van der Waals surface area contributed by atoms with Crippen molar-refractivity contribution in [1.82, 2.24) is 10.6 Å². The van der Waals surface area contributed by atoms with E-state index in [2.05, 4.69) is 10.6 Å². The lowest BCUT2D eigenvalue weighted by atomic mass is 10.2. The molecule has 1 amide bonds. The predicted octanol–water partition coefficient (Wildman–Crippen LogP) is 1.93. The minimum Gasteiger partial charge on any atom is -0.444 e. The SMILES string of the molecule is CNCCCCNC(=O)OC(C)(C)C.Cl. The normalized spacial score (nSPS) is 10.4. The Morgan fingerprint density at radius 1 is 1.20 bits per heavy atom. The van der Waals surface area contributed by atoms with E-state index in [-0.39, 0.29) is 18.5 Å². The van der Waals surface area contributed by atoms with Crippen molar-refractivity contribution in [3.8, 4) is 0 Å². The highest BCUT2D eigenvalue weighted by molar-refractivity contribution is 5.85. The van der Waals surface area contributed by atoms with Crippen LogP contribution in [-0.4, -0.2) is 31.8 Å². The molecular formula is C10H23ClN2O2. The van der Waals surface area contributed by atoms with Crippen LogP contribution in [0.5, 0.6) is 0 Å². The molecular weight excluding hydrogens is 216 g/mol. The molecule has 0 aromatic heterocycles. The van der Waals surface area contributed by atoms with Gasteiger partial charge in [0.25, 0.3) is 0 Å². The summed E-state index contributed by atoms with van der Waals surface area (Å²) in [6, 6.07) is 0. The quantitative estimate of drug-likeness (QED) is 0.720. The van der Waals surface area contributed by atoms with E-state index in [0.29, 0.717) is 6.54 Å². The first kappa shape index (κ1) is 16.9. The van der Waals surface area contributed by atoms with Gasteiger partial charge in [-0.2, -0.15) is 0 Å². The summed E-state index contributed by atoms with van der Waals surface area (Å²) in [5.41, 5.74) is -0.408. The monoisotopic (exact) mass is 238 g/mol. The molecule has 0 fully saturated rings. The van der Waals surface area contributed by atoms with Crippen LogP contribution in [0.3, 0.4) is 0 Å². The molecule has 0 aliphatic rings. The van der Waals surface area contributed by atoms with Gasteiger partial charge in [0.15, 0.2) is 0 Å². The molecule has 0 saturated carbocycles. The predicted molar refractivity (Wildman–Crippen MR) is 64.6 cm³/mol.